The van der Waals surface area contributed by atoms with Crippen LogP contribution in [0.4, 0.5) is 10.5 Å². The fourth-order valence-corrected chi connectivity index (χ4v) is 4.21. The largest absolute Gasteiger partial charge is 0.485 e. The van der Waals surface area contributed by atoms with Crippen LogP contribution in [0.3, 0.4) is 0 Å². The van der Waals surface area contributed by atoms with E-state index in [1.165, 1.54) is 18.2 Å². The first-order valence-corrected chi connectivity index (χ1v) is 10.9. The van der Waals surface area contributed by atoms with Gasteiger partial charge in [0.2, 0.25) is 5.75 Å². The van der Waals surface area contributed by atoms with Gasteiger partial charge in [0.15, 0.2) is 5.75 Å². The lowest BCUT2D eigenvalue weighted by atomic mass is 10.1. The Morgan fingerprint density at radius 1 is 1.25 bits per heavy atom. The Balaban J connectivity index is 2.00. The van der Waals surface area contributed by atoms with Crippen molar-refractivity contribution >= 4 is 56.6 Å². The maximum absolute atomic E-state index is 12.9. The first-order valence-electron chi connectivity index (χ1n) is 9.34. The number of thioether (sulfide) groups is 1. The number of benzene rings is 2. The molecule has 0 radical (unpaired) electrons. The molecule has 0 bridgehead atoms. The third-order valence-electron chi connectivity index (χ3n) is 4.30. The molecule has 32 heavy (non-hydrogen) atoms. The maximum atomic E-state index is 12.9. The van der Waals surface area contributed by atoms with E-state index in [1.54, 1.807) is 25.1 Å². The van der Waals surface area contributed by atoms with Crippen LogP contribution in [0.5, 0.6) is 11.5 Å². The molecule has 0 aromatic heterocycles. The normalized spacial score (nSPS) is 14.7. The van der Waals surface area contributed by atoms with Gasteiger partial charge in [0.25, 0.3) is 11.1 Å². The minimum absolute atomic E-state index is 0.0350. The summed E-state index contributed by atoms with van der Waals surface area (Å²) in [5.74, 6) is -1.56. The van der Waals surface area contributed by atoms with Crippen LogP contribution in [0, 0.1) is 10.1 Å². The number of carbonyl (C=O) groups is 3. The second-order valence-corrected chi connectivity index (χ2v) is 8.32. The molecule has 1 fully saturated rings. The second kappa shape index (κ2) is 9.96. The number of nitrogens with zero attached hydrogens (tertiary/aromatic N) is 2. The van der Waals surface area contributed by atoms with E-state index >= 15 is 0 Å². The van der Waals surface area contributed by atoms with Crippen molar-refractivity contribution in [3.05, 3.63) is 67.0 Å². The highest BCUT2D eigenvalue weighted by molar-refractivity contribution is 9.10. The summed E-state index contributed by atoms with van der Waals surface area (Å²) in [6.45, 7) is 2.93. The summed E-state index contributed by atoms with van der Waals surface area (Å²) in [5, 5.41) is 11.3. The van der Waals surface area contributed by atoms with Crippen LogP contribution in [0.2, 0.25) is 0 Å². The highest BCUT2D eigenvalue weighted by Gasteiger charge is 2.36. The lowest BCUT2D eigenvalue weighted by Crippen LogP contribution is -2.27. The molecule has 1 heterocycles. The van der Waals surface area contributed by atoms with Gasteiger partial charge in [-0.1, -0.05) is 34.1 Å². The number of imide groups is 1. The Morgan fingerprint density at radius 2 is 1.97 bits per heavy atom. The number of halogens is 1. The van der Waals surface area contributed by atoms with Crippen LogP contribution in [-0.2, 0) is 16.1 Å². The molecule has 1 saturated heterocycles. The van der Waals surface area contributed by atoms with Crippen molar-refractivity contribution in [2.75, 3.05) is 6.61 Å². The molecule has 0 unspecified atom stereocenters. The molecule has 0 spiro atoms. The van der Waals surface area contributed by atoms with Gasteiger partial charge in [-0.25, -0.2) is 0 Å². The smallest absolute Gasteiger partial charge is 0.322 e. The van der Waals surface area contributed by atoms with Gasteiger partial charge in [0.05, 0.1) is 28.5 Å². The van der Waals surface area contributed by atoms with Crippen LogP contribution >= 0.6 is 27.7 Å². The minimum atomic E-state index is -0.685. The summed E-state index contributed by atoms with van der Waals surface area (Å²) in [6, 6.07) is 9.86. The number of nitro benzene ring substituents is 1. The van der Waals surface area contributed by atoms with E-state index in [2.05, 4.69) is 15.9 Å². The zero-order valence-electron chi connectivity index (χ0n) is 17.0. The highest BCUT2D eigenvalue weighted by atomic mass is 79.9. The van der Waals surface area contributed by atoms with Gasteiger partial charge in [0, 0.05) is 11.4 Å². The molecular formula is C21H17BrN2O7S. The lowest BCUT2D eigenvalue weighted by Gasteiger charge is -2.13. The van der Waals surface area contributed by atoms with Crippen LogP contribution in [0.15, 0.2) is 45.8 Å². The molecule has 1 aliphatic heterocycles. The first-order chi connectivity index (χ1) is 15.2. The predicted octanol–water partition coefficient (Wildman–Crippen LogP) is 4.92. The van der Waals surface area contributed by atoms with Gasteiger partial charge in [0.1, 0.15) is 0 Å². The summed E-state index contributed by atoms with van der Waals surface area (Å²) in [4.78, 5) is 48.9. The van der Waals surface area contributed by atoms with E-state index < -0.39 is 27.7 Å². The zero-order chi connectivity index (χ0) is 23.4. The summed E-state index contributed by atoms with van der Waals surface area (Å²) in [7, 11) is 0. The van der Waals surface area contributed by atoms with Crippen molar-refractivity contribution in [1.82, 2.24) is 4.90 Å². The number of rotatable bonds is 7. The van der Waals surface area contributed by atoms with Crippen molar-refractivity contribution in [2.24, 2.45) is 0 Å². The number of nitro groups is 1. The second-order valence-electron chi connectivity index (χ2n) is 6.47. The monoisotopic (exact) mass is 520 g/mol. The molecule has 0 N–H and O–H groups in total. The third kappa shape index (κ3) is 5.00. The van der Waals surface area contributed by atoms with Crippen molar-refractivity contribution in [3.8, 4) is 11.5 Å². The Kier molecular flexibility index (Phi) is 7.31. The average molecular weight is 521 g/mol. The first kappa shape index (κ1) is 23.5. The number of hydrogen-bond donors (Lipinski definition) is 0. The average Bonchev–Trinajstić information content (AvgIpc) is 2.98. The number of hydrogen-bond acceptors (Lipinski definition) is 8. The Labute approximate surface area is 195 Å². The summed E-state index contributed by atoms with van der Waals surface area (Å²) in [6.07, 6.45) is 1.27. The standard InChI is InChI=1S/C21H17BrN2O7S/c1-3-30-19-16(31-12(2)25)9-8-13(18(19)24(28)29)10-17-20(26)23(21(27)32-17)11-14-6-4-5-7-15(14)22/h4-10H,3,11H2,1-2H3/b17-10-. The van der Waals surface area contributed by atoms with Crippen LogP contribution < -0.4 is 9.47 Å². The van der Waals surface area contributed by atoms with Gasteiger partial charge in [-0.15, -0.1) is 0 Å². The molecule has 0 saturated carbocycles. The van der Waals surface area contributed by atoms with E-state index in [1.807, 2.05) is 6.07 Å². The lowest BCUT2D eigenvalue weighted by molar-refractivity contribution is -0.386. The third-order valence-corrected chi connectivity index (χ3v) is 5.98. The van der Waals surface area contributed by atoms with Gasteiger partial charge in [-0.05, 0) is 48.5 Å². The Bertz CT molecular complexity index is 1150. The van der Waals surface area contributed by atoms with E-state index in [-0.39, 0.29) is 35.1 Å². The highest BCUT2D eigenvalue weighted by Crippen LogP contribution is 2.42. The molecule has 0 atom stereocenters. The number of carbonyl (C=O) groups excluding carboxylic acids is 3. The summed E-state index contributed by atoms with van der Waals surface area (Å²) >= 11 is 4.08. The Morgan fingerprint density at radius 3 is 2.59 bits per heavy atom. The molecule has 11 heteroatoms. The molecule has 2 aromatic carbocycles. The molecule has 2 aromatic rings. The fourth-order valence-electron chi connectivity index (χ4n) is 2.97. The Hall–Kier alpha value is -3.18. The molecule has 1 aliphatic rings. The number of ether oxygens (including phenoxy) is 2. The van der Waals surface area contributed by atoms with Crippen molar-refractivity contribution < 1.29 is 28.8 Å². The quantitative estimate of drug-likeness (QED) is 0.166. The maximum Gasteiger partial charge on any atom is 0.322 e. The van der Waals surface area contributed by atoms with E-state index in [9.17, 15) is 24.5 Å². The van der Waals surface area contributed by atoms with Crippen LogP contribution in [-0.4, -0.2) is 33.5 Å². The van der Waals surface area contributed by atoms with Crippen molar-refractivity contribution in [1.29, 1.82) is 0 Å². The van der Waals surface area contributed by atoms with E-state index in [0.717, 1.165) is 21.9 Å². The van der Waals surface area contributed by atoms with E-state index in [4.69, 9.17) is 9.47 Å². The fraction of sp³-hybridized carbons (Fsp3) is 0.190. The topological polar surface area (TPSA) is 116 Å². The van der Waals surface area contributed by atoms with Crippen molar-refractivity contribution in [3.63, 3.8) is 0 Å². The van der Waals surface area contributed by atoms with Crippen LogP contribution in [0.1, 0.15) is 25.0 Å². The molecule has 2 amide bonds. The summed E-state index contributed by atoms with van der Waals surface area (Å²) in [5.41, 5.74) is 0.315. The molecule has 0 aliphatic carbocycles. The number of amides is 2. The molecular weight excluding hydrogens is 504 g/mol. The number of esters is 1. The molecule has 9 nitrogen and oxygen atoms in total. The van der Waals surface area contributed by atoms with Gasteiger partial charge in [-0.3, -0.25) is 29.4 Å². The predicted molar refractivity (Wildman–Crippen MR) is 121 cm³/mol. The minimum Gasteiger partial charge on any atom is -0.485 e. The van der Waals surface area contributed by atoms with Crippen LogP contribution in [0.25, 0.3) is 6.08 Å². The molecule has 3 rings (SSSR count). The van der Waals surface area contributed by atoms with E-state index in [0.29, 0.717) is 11.8 Å². The SMILES string of the molecule is CCOc1c(OC(C)=O)ccc(/C=C2\SC(=O)N(Cc3ccccc3Br)C2=O)c1[N+](=O)[O-]. The van der Waals surface area contributed by atoms with Gasteiger partial charge < -0.3 is 9.47 Å². The zero-order valence-corrected chi connectivity index (χ0v) is 19.4. The summed E-state index contributed by atoms with van der Waals surface area (Å²) < 4.78 is 11.1. The van der Waals surface area contributed by atoms with Gasteiger partial charge >= 0.3 is 11.7 Å². The van der Waals surface area contributed by atoms with Gasteiger partial charge in [-0.2, -0.15) is 0 Å². The molecule has 166 valence electrons. The van der Waals surface area contributed by atoms with Crippen molar-refractivity contribution in [2.45, 2.75) is 20.4 Å².